The van der Waals surface area contributed by atoms with Crippen LogP contribution >= 0.6 is 11.6 Å². The molecule has 0 aliphatic carbocycles. The summed E-state index contributed by atoms with van der Waals surface area (Å²) in [5.74, 6) is -0.488. The van der Waals surface area contributed by atoms with Gasteiger partial charge in [0.1, 0.15) is 5.82 Å². The summed E-state index contributed by atoms with van der Waals surface area (Å²) >= 11 is 6.00. The van der Waals surface area contributed by atoms with Crippen molar-refractivity contribution < 1.29 is 12.8 Å². The summed E-state index contributed by atoms with van der Waals surface area (Å²) < 4.78 is 42.1. The molecule has 23 heavy (non-hydrogen) atoms. The predicted octanol–water partition coefficient (Wildman–Crippen LogP) is 1.84. The SMILES string of the molecule is CN(Cc1c(F)cccc1Cl)S(=O)(=O)N1CCC2(CCNC2)C1. The third kappa shape index (κ3) is 3.25. The van der Waals surface area contributed by atoms with E-state index < -0.39 is 16.0 Å². The molecule has 0 amide bonds. The molecule has 3 rings (SSSR count). The first kappa shape index (κ1) is 17.1. The molecule has 1 unspecified atom stereocenters. The number of benzene rings is 1. The van der Waals surface area contributed by atoms with E-state index in [0.29, 0.717) is 13.1 Å². The fraction of sp³-hybridized carbons (Fsp3) is 0.600. The van der Waals surface area contributed by atoms with Gasteiger partial charge < -0.3 is 5.32 Å². The number of hydrogen-bond donors (Lipinski definition) is 1. The van der Waals surface area contributed by atoms with Gasteiger partial charge in [0.15, 0.2) is 0 Å². The van der Waals surface area contributed by atoms with Gasteiger partial charge in [-0.1, -0.05) is 17.7 Å². The summed E-state index contributed by atoms with van der Waals surface area (Å²) in [5, 5.41) is 3.55. The van der Waals surface area contributed by atoms with Crippen LogP contribution in [0.3, 0.4) is 0 Å². The molecule has 0 aromatic heterocycles. The number of nitrogens with one attached hydrogen (secondary N) is 1. The Hall–Kier alpha value is -0.730. The molecule has 0 bridgehead atoms. The lowest BCUT2D eigenvalue weighted by atomic mass is 9.87. The van der Waals surface area contributed by atoms with Crippen molar-refractivity contribution in [3.05, 3.63) is 34.6 Å². The van der Waals surface area contributed by atoms with Gasteiger partial charge in [0.2, 0.25) is 0 Å². The molecule has 0 radical (unpaired) electrons. The lowest BCUT2D eigenvalue weighted by Gasteiger charge is -2.26. The van der Waals surface area contributed by atoms with Gasteiger partial charge in [-0.25, -0.2) is 4.39 Å². The minimum atomic E-state index is -3.62. The van der Waals surface area contributed by atoms with Crippen molar-refractivity contribution in [2.45, 2.75) is 19.4 Å². The van der Waals surface area contributed by atoms with Crippen LogP contribution in [0.1, 0.15) is 18.4 Å². The predicted molar refractivity (Wildman–Crippen MR) is 87.9 cm³/mol. The van der Waals surface area contributed by atoms with Gasteiger partial charge in [0.25, 0.3) is 10.2 Å². The van der Waals surface area contributed by atoms with E-state index in [2.05, 4.69) is 5.32 Å². The van der Waals surface area contributed by atoms with Gasteiger partial charge in [-0.15, -0.1) is 0 Å². The Morgan fingerprint density at radius 3 is 2.87 bits per heavy atom. The number of rotatable bonds is 4. The molecular formula is C15H21ClFN3O2S. The van der Waals surface area contributed by atoms with Gasteiger partial charge >= 0.3 is 0 Å². The summed E-state index contributed by atoms with van der Waals surface area (Å²) in [6, 6.07) is 4.36. The molecule has 2 saturated heterocycles. The Morgan fingerprint density at radius 1 is 1.43 bits per heavy atom. The van der Waals surface area contributed by atoms with Crippen molar-refractivity contribution in [3.8, 4) is 0 Å². The molecule has 8 heteroatoms. The molecule has 2 aliphatic rings. The Kier molecular flexibility index (Phi) is 4.68. The van der Waals surface area contributed by atoms with Gasteiger partial charge in [0.05, 0.1) is 0 Å². The van der Waals surface area contributed by atoms with Crippen LogP contribution in [0.5, 0.6) is 0 Å². The molecule has 2 aliphatic heterocycles. The van der Waals surface area contributed by atoms with Crippen molar-refractivity contribution in [3.63, 3.8) is 0 Å². The largest absolute Gasteiger partial charge is 0.316 e. The summed E-state index contributed by atoms with van der Waals surface area (Å²) in [7, 11) is -2.15. The fourth-order valence-electron chi connectivity index (χ4n) is 3.42. The maximum atomic E-state index is 13.9. The average molecular weight is 362 g/mol. The lowest BCUT2D eigenvalue weighted by Crippen LogP contribution is -2.41. The molecule has 1 atom stereocenters. The molecule has 2 heterocycles. The van der Waals surface area contributed by atoms with Crippen LogP contribution in [0.2, 0.25) is 5.02 Å². The maximum absolute atomic E-state index is 13.9. The van der Waals surface area contributed by atoms with E-state index in [0.717, 1.165) is 25.9 Å². The first-order chi connectivity index (χ1) is 10.8. The molecule has 1 N–H and O–H groups in total. The van der Waals surface area contributed by atoms with E-state index >= 15 is 0 Å². The summed E-state index contributed by atoms with van der Waals surface area (Å²) in [6.07, 6.45) is 1.87. The topological polar surface area (TPSA) is 52.7 Å². The normalized spacial score (nSPS) is 25.7. The molecule has 128 valence electrons. The molecular weight excluding hydrogens is 341 g/mol. The average Bonchev–Trinajstić information content (AvgIpc) is 3.14. The zero-order valence-corrected chi connectivity index (χ0v) is 14.6. The molecule has 5 nitrogen and oxygen atoms in total. The third-order valence-corrected chi connectivity index (χ3v) is 7.13. The smallest absolute Gasteiger partial charge is 0.282 e. The zero-order valence-electron chi connectivity index (χ0n) is 13.1. The second kappa shape index (κ2) is 6.29. The minimum Gasteiger partial charge on any atom is -0.316 e. The van der Waals surface area contributed by atoms with E-state index in [1.807, 2.05) is 0 Å². The fourth-order valence-corrected chi connectivity index (χ4v) is 5.09. The molecule has 1 aromatic rings. The quantitative estimate of drug-likeness (QED) is 0.890. The van der Waals surface area contributed by atoms with Gasteiger partial charge in [-0.05, 0) is 36.9 Å². The monoisotopic (exact) mass is 361 g/mol. The first-order valence-electron chi connectivity index (χ1n) is 7.69. The van der Waals surface area contributed by atoms with Crippen molar-refractivity contribution in [1.29, 1.82) is 0 Å². The standard InChI is InChI=1S/C15H21ClFN3O2S/c1-19(9-12-13(16)3-2-4-14(12)17)23(21,22)20-8-6-15(11-20)5-7-18-10-15/h2-4,18H,5-11H2,1H3. The summed E-state index contributed by atoms with van der Waals surface area (Å²) in [5.41, 5.74) is 0.264. The first-order valence-corrected chi connectivity index (χ1v) is 9.47. The van der Waals surface area contributed by atoms with Crippen molar-refractivity contribution in [2.24, 2.45) is 5.41 Å². The van der Waals surface area contributed by atoms with Crippen LogP contribution in [0.25, 0.3) is 0 Å². The summed E-state index contributed by atoms with van der Waals surface area (Å²) in [4.78, 5) is 0. The van der Waals surface area contributed by atoms with Gasteiger partial charge in [-0.3, -0.25) is 0 Å². The van der Waals surface area contributed by atoms with Crippen LogP contribution < -0.4 is 5.32 Å². The Morgan fingerprint density at radius 2 is 2.22 bits per heavy atom. The second-order valence-corrected chi connectivity index (χ2v) is 8.92. The van der Waals surface area contributed by atoms with Crippen LogP contribution in [0.15, 0.2) is 18.2 Å². The molecule has 2 fully saturated rings. The number of hydrogen-bond acceptors (Lipinski definition) is 3. The molecule has 1 spiro atoms. The Bertz CT molecular complexity index is 672. The highest BCUT2D eigenvalue weighted by Crippen LogP contribution is 2.37. The second-order valence-electron chi connectivity index (χ2n) is 6.47. The number of nitrogens with zero attached hydrogens (tertiary/aromatic N) is 2. The summed E-state index contributed by atoms with van der Waals surface area (Å²) in [6.45, 7) is 2.77. The van der Waals surface area contributed by atoms with E-state index in [-0.39, 0.29) is 22.5 Å². The van der Waals surface area contributed by atoms with E-state index in [1.165, 1.54) is 27.8 Å². The maximum Gasteiger partial charge on any atom is 0.282 e. The van der Waals surface area contributed by atoms with Crippen LogP contribution in [0, 0.1) is 11.2 Å². The van der Waals surface area contributed by atoms with Gasteiger partial charge in [0, 0.05) is 43.8 Å². The van der Waals surface area contributed by atoms with Crippen molar-refractivity contribution in [2.75, 3.05) is 33.2 Å². The highest BCUT2D eigenvalue weighted by Gasteiger charge is 2.45. The Balaban J connectivity index is 1.75. The molecule has 1 aromatic carbocycles. The highest BCUT2D eigenvalue weighted by atomic mass is 35.5. The van der Waals surface area contributed by atoms with E-state index in [9.17, 15) is 12.8 Å². The van der Waals surface area contributed by atoms with Crippen molar-refractivity contribution >= 4 is 21.8 Å². The zero-order chi connectivity index (χ0) is 16.7. The van der Waals surface area contributed by atoms with Crippen molar-refractivity contribution in [1.82, 2.24) is 13.9 Å². The van der Waals surface area contributed by atoms with E-state index in [1.54, 1.807) is 6.07 Å². The van der Waals surface area contributed by atoms with Crippen LogP contribution in [-0.2, 0) is 16.8 Å². The number of halogens is 2. The third-order valence-electron chi connectivity index (χ3n) is 4.90. The molecule has 0 saturated carbocycles. The van der Waals surface area contributed by atoms with Crippen LogP contribution in [-0.4, -0.2) is 50.3 Å². The highest BCUT2D eigenvalue weighted by molar-refractivity contribution is 7.86. The van der Waals surface area contributed by atoms with Crippen LogP contribution in [0.4, 0.5) is 4.39 Å². The minimum absolute atomic E-state index is 0.0591. The van der Waals surface area contributed by atoms with E-state index in [4.69, 9.17) is 11.6 Å². The Labute approximate surface area is 141 Å². The van der Waals surface area contributed by atoms with Gasteiger partial charge in [-0.2, -0.15) is 17.0 Å². The lowest BCUT2D eigenvalue weighted by molar-refractivity contribution is 0.324.